The molecule has 0 saturated heterocycles. The van der Waals surface area contributed by atoms with Crippen LogP contribution in [0.3, 0.4) is 0 Å². The van der Waals surface area contributed by atoms with Crippen molar-refractivity contribution in [2.45, 2.75) is 33.2 Å². The molecule has 0 radical (unpaired) electrons. The summed E-state index contributed by atoms with van der Waals surface area (Å²) in [5.41, 5.74) is 1.19. The molecule has 0 aliphatic carbocycles. The van der Waals surface area contributed by atoms with Crippen LogP contribution >= 0.6 is 24.0 Å². The summed E-state index contributed by atoms with van der Waals surface area (Å²) in [4.78, 5) is 4.16. The number of halogens is 1. The van der Waals surface area contributed by atoms with Gasteiger partial charge in [-0.15, -0.1) is 24.0 Å². The maximum Gasteiger partial charge on any atom is 0.191 e. The number of aliphatic imine (C=N–C) groups is 1. The molecule has 6 heteroatoms. The molecule has 0 fully saturated rings. The number of rotatable bonds is 6. The molecular weight excluding hydrogens is 341 g/mol. The Bertz CT molecular complexity index is 348. The van der Waals surface area contributed by atoms with Crippen molar-refractivity contribution in [1.29, 1.82) is 0 Å². The van der Waals surface area contributed by atoms with E-state index >= 15 is 0 Å². The lowest BCUT2D eigenvalue weighted by Crippen LogP contribution is -2.39. The number of guanidine groups is 1. The van der Waals surface area contributed by atoms with Crippen LogP contribution in [0.4, 0.5) is 0 Å². The van der Waals surface area contributed by atoms with Gasteiger partial charge in [0.25, 0.3) is 0 Å². The van der Waals surface area contributed by atoms with Crippen LogP contribution in [-0.4, -0.2) is 35.9 Å². The molecule has 1 rings (SSSR count). The van der Waals surface area contributed by atoms with Crippen LogP contribution in [0.2, 0.25) is 0 Å². The molecule has 0 saturated carbocycles. The van der Waals surface area contributed by atoms with E-state index in [9.17, 15) is 0 Å². The van der Waals surface area contributed by atoms with Crippen molar-refractivity contribution in [2.75, 3.05) is 20.1 Å². The lowest BCUT2D eigenvalue weighted by Gasteiger charge is -2.11. The Kier molecular flexibility index (Phi) is 9.72. The van der Waals surface area contributed by atoms with Crippen LogP contribution in [0.5, 0.6) is 0 Å². The summed E-state index contributed by atoms with van der Waals surface area (Å²) in [6.45, 7) is 6.87. The molecule has 1 heterocycles. The topological polar surface area (TPSA) is 54.2 Å². The minimum atomic E-state index is 0. The second-order valence-corrected chi connectivity index (χ2v) is 4.06. The first-order valence-electron chi connectivity index (χ1n) is 6.20. The van der Waals surface area contributed by atoms with Crippen molar-refractivity contribution in [3.05, 3.63) is 18.0 Å². The molecule has 0 unspecified atom stereocenters. The van der Waals surface area contributed by atoms with Gasteiger partial charge in [-0.2, -0.15) is 5.10 Å². The van der Waals surface area contributed by atoms with Gasteiger partial charge in [0.2, 0.25) is 0 Å². The zero-order chi connectivity index (χ0) is 12.5. The molecule has 0 spiro atoms. The predicted octanol–water partition coefficient (Wildman–Crippen LogP) is 1.77. The van der Waals surface area contributed by atoms with E-state index in [2.05, 4.69) is 27.6 Å². The molecule has 18 heavy (non-hydrogen) atoms. The largest absolute Gasteiger partial charge is 0.356 e. The van der Waals surface area contributed by atoms with Crippen molar-refractivity contribution < 1.29 is 0 Å². The number of hydrogen-bond acceptors (Lipinski definition) is 2. The van der Waals surface area contributed by atoms with E-state index in [1.165, 1.54) is 18.4 Å². The molecule has 2 N–H and O–H groups in total. The number of nitrogens with one attached hydrogen (secondary N) is 2. The number of aromatic nitrogens is 2. The first kappa shape index (κ1) is 17.2. The Morgan fingerprint density at radius 3 is 2.67 bits per heavy atom. The van der Waals surface area contributed by atoms with E-state index in [1.54, 1.807) is 7.05 Å². The second-order valence-electron chi connectivity index (χ2n) is 4.06. The maximum atomic E-state index is 4.23. The molecule has 0 aliphatic heterocycles. The van der Waals surface area contributed by atoms with Crippen LogP contribution < -0.4 is 10.6 Å². The zero-order valence-corrected chi connectivity index (χ0v) is 13.8. The predicted molar refractivity (Wildman–Crippen MR) is 86.7 cm³/mol. The maximum absolute atomic E-state index is 4.23. The number of unbranched alkanes of at least 4 members (excludes halogenated alkanes) is 1. The molecule has 104 valence electrons. The Hall–Kier alpha value is -0.790. The van der Waals surface area contributed by atoms with E-state index in [1.807, 2.05) is 24.0 Å². The van der Waals surface area contributed by atoms with Crippen molar-refractivity contribution in [3.8, 4) is 0 Å². The summed E-state index contributed by atoms with van der Waals surface area (Å²) >= 11 is 0. The van der Waals surface area contributed by atoms with Gasteiger partial charge in [0, 0.05) is 26.3 Å². The summed E-state index contributed by atoms with van der Waals surface area (Å²) in [7, 11) is 1.79. The normalized spacial score (nSPS) is 10.9. The van der Waals surface area contributed by atoms with Crippen LogP contribution in [0.15, 0.2) is 17.4 Å². The molecule has 5 nitrogen and oxygen atoms in total. The Balaban J connectivity index is 0.00000289. The fraction of sp³-hybridized carbons (Fsp3) is 0.667. The van der Waals surface area contributed by atoms with E-state index < -0.39 is 0 Å². The van der Waals surface area contributed by atoms with Crippen LogP contribution in [0.25, 0.3) is 0 Å². The van der Waals surface area contributed by atoms with E-state index in [0.29, 0.717) is 0 Å². The van der Waals surface area contributed by atoms with Gasteiger partial charge in [-0.1, -0.05) is 13.3 Å². The smallest absolute Gasteiger partial charge is 0.191 e. The number of aryl methyl sites for hydroxylation is 1. The molecule has 0 amide bonds. The third kappa shape index (κ3) is 6.83. The van der Waals surface area contributed by atoms with E-state index in [4.69, 9.17) is 0 Å². The standard InChI is InChI=1S/C12H23N5.HI/c1-4-5-6-14-12(13-3)15-7-8-17-10-11(2)9-16-17;/h9-10H,4-8H2,1-3H3,(H2,13,14,15);1H. The van der Waals surface area contributed by atoms with Crippen LogP contribution in [0, 0.1) is 6.92 Å². The summed E-state index contributed by atoms with van der Waals surface area (Å²) in [5.74, 6) is 0.863. The Labute approximate surface area is 126 Å². The van der Waals surface area contributed by atoms with Gasteiger partial charge in [0.15, 0.2) is 5.96 Å². The average molecular weight is 365 g/mol. The highest BCUT2D eigenvalue weighted by Crippen LogP contribution is 1.92. The summed E-state index contributed by atoms with van der Waals surface area (Å²) < 4.78 is 1.93. The highest BCUT2D eigenvalue weighted by atomic mass is 127. The van der Waals surface area contributed by atoms with Crippen LogP contribution in [0.1, 0.15) is 25.3 Å². The van der Waals surface area contributed by atoms with Crippen LogP contribution in [-0.2, 0) is 6.54 Å². The highest BCUT2D eigenvalue weighted by Gasteiger charge is 1.97. The third-order valence-electron chi connectivity index (χ3n) is 2.44. The fourth-order valence-corrected chi connectivity index (χ4v) is 1.48. The van der Waals surface area contributed by atoms with Gasteiger partial charge in [-0.25, -0.2) is 0 Å². The Morgan fingerprint density at radius 1 is 1.39 bits per heavy atom. The highest BCUT2D eigenvalue weighted by molar-refractivity contribution is 14.0. The molecule has 0 atom stereocenters. The molecule has 1 aromatic rings. The molecule has 0 bridgehead atoms. The van der Waals surface area contributed by atoms with E-state index in [-0.39, 0.29) is 24.0 Å². The second kappa shape index (κ2) is 10.2. The SMILES string of the molecule is CCCCNC(=NC)NCCn1cc(C)cn1.I. The lowest BCUT2D eigenvalue weighted by molar-refractivity contribution is 0.596. The summed E-state index contributed by atoms with van der Waals surface area (Å²) in [5, 5.41) is 10.8. The van der Waals surface area contributed by atoms with E-state index in [0.717, 1.165) is 25.6 Å². The van der Waals surface area contributed by atoms with Gasteiger partial charge < -0.3 is 10.6 Å². The van der Waals surface area contributed by atoms with Gasteiger partial charge >= 0.3 is 0 Å². The quantitative estimate of drug-likeness (QED) is 0.350. The van der Waals surface area contributed by atoms with Crippen molar-refractivity contribution in [2.24, 2.45) is 4.99 Å². The van der Waals surface area contributed by atoms with Gasteiger partial charge in [0.1, 0.15) is 0 Å². The minimum absolute atomic E-state index is 0. The van der Waals surface area contributed by atoms with Crippen molar-refractivity contribution >= 4 is 29.9 Å². The minimum Gasteiger partial charge on any atom is -0.356 e. The Morgan fingerprint density at radius 2 is 2.11 bits per heavy atom. The third-order valence-corrected chi connectivity index (χ3v) is 2.44. The average Bonchev–Trinajstić information content (AvgIpc) is 2.73. The summed E-state index contributed by atoms with van der Waals surface area (Å²) in [6, 6.07) is 0. The zero-order valence-electron chi connectivity index (χ0n) is 11.4. The molecular formula is C12H24IN5. The fourth-order valence-electron chi connectivity index (χ4n) is 1.48. The van der Waals surface area contributed by atoms with Crippen molar-refractivity contribution in [3.63, 3.8) is 0 Å². The lowest BCUT2D eigenvalue weighted by atomic mass is 10.3. The first-order valence-corrected chi connectivity index (χ1v) is 6.20. The monoisotopic (exact) mass is 365 g/mol. The summed E-state index contributed by atoms with van der Waals surface area (Å²) in [6.07, 6.45) is 6.26. The first-order chi connectivity index (χ1) is 8.26. The molecule has 0 aliphatic rings. The van der Waals surface area contributed by atoms with Crippen molar-refractivity contribution in [1.82, 2.24) is 20.4 Å². The molecule has 0 aromatic carbocycles. The number of hydrogen-bond donors (Lipinski definition) is 2. The van der Waals surface area contributed by atoms with Gasteiger partial charge in [0.05, 0.1) is 12.7 Å². The van der Waals surface area contributed by atoms with Gasteiger partial charge in [-0.05, 0) is 18.9 Å². The van der Waals surface area contributed by atoms with Gasteiger partial charge in [-0.3, -0.25) is 9.67 Å². The molecule has 1 aromatic heterocycles. The number of nitrogens with zero attached hydrogens (tertiary/aromatic N) is 3.